The molecule has 0 spiro atoms. The fraction of sp³-hybridized carbons (Fsp3) is 0.444. The van der Waals surface area contributed by atoms with Crippen LogP contribution in [-0.2, 0) is 4.79 Å². The quantitative estimate of drug-likeness (QED) is 0.474. The zero-order chi connectivity index (χ0) is 22.8. The summed E-state index contributed by atoms with van der Waals surface area (Å²) in [4.78, 5) is 34.0. The van der Waals surface area contributed by atoms with Gasteiger partial charge in [-0.2, -0.15) is 0 Å². The number of carbonyl (C=O) groups is 1. The summed E-state index contributed by atoms with van der Waals surface area (Å²) < 4.78 is 1.74. The van der Waals surface area contributed by atoms with E-state index >= 15 is 0 Å². The van der Waals surface area contributed by atoms with E-state index in [0.717, 1.165) is 36.9 Å². The van der Waals surface area contributed by atoms with E-state index in [-0.39, 0.29) is 23.4 Å². The third-order valence-corrected chi connectivity index (χ3v) is 6.57. The average molecular weight is 432 g/mol. The molecule has 5 nitrogen and oxygen atoms in total. The van der Waals surface area contributed by atoms with Crippen LogP contribution in [0.5, 0.6) is 0 Å². The molecule has 1 saturated carbocycles. The lowest BCUT2D eigenvalue weighted by atomic mass is 10.1. The van der Waals surface area contributed by atoms with E-state index in [1.807, 2.05) is 47.4 Å². The number of fused-ring (bicyclic) bond motifs is 1. The Balaban J connectivity index is 1.94. The number of para-hydroxylation sites is 1. The van der Waals surface area contributed by atoms with Crippen molar-refractivity contribution in [2.24, 2.45) is 5.92 Å². The minimum Gasteiger partial charge on any atom is -0.332 e. The number of unbranched alkanes of at least 4 members (excludes halogenated alkanes) is 1. The van der Waals surface area contributed by atoms with Crippen LogP contribution < -0.4 is 5.56 Å². The maximum atomic E-state index is 13.7. The Kier molecular flexibility index (Phi) is 6.45. The highest BCUT2D eigenvalue weighted by molar-refractivity contribution is 5.82. The van der Waals surface area contributed by atoms with Crippen molar-refractivity contribution >= 4 is 16.8 Å². The summed E-state index contributed by atoms with van der Waals surface area (Å²) in [5.74, 6) is 0.993. The molecule has 1 fully saturated rings. The molecule has 4 rings (SSSR count). The van der Waals surface area contributed by atoms with Gasteiger partial charge >= 0.3 is 0 Å². The Morgan fingerprint density at radius 2 is 1.88 bits per heavy atom. The van der Waals surface area contributed by atoms with Gasteiger partial charge in [-0.25, -0.2) is 4.98 Å². The van der Waals surface area contributed by atoms with Gasteiger partial charge in [0.1, 0.15) is 5.82 Å². The van der Waals surface area contributed by atoms with Crippen LogP contribution in [0, 0.1) is 19.8 Å². The number of amides is 1. The first-order valence-corrected chi connectivity index (χ1v) is 11.9. The molecule has 1 unspecified atom stereocenters. The van der Waals surface area contributed by atoms with Gasteiger partial charge in [0.2, 0.25) is 5.91 Å². The molecule has 1 atom stereocenters. The van der Waals surface area contributed by atoms with E-state index in [1.165, 1.54) is 5.56 Å². The van der Waals surface area contributed by atoms with Gasteiger partial charge in [0.25, 0.3) is 5.56 Å². The second kappa shape index (κ2) is 9.27. The van der Waals surface area contributed by atoms with Crippen LogP contribution in [0.3, 0.4) is 0 Å². The van der Waals surface area contributed by atoms with Crippen molar-refractivity contribution in [3.8, 4) is 5.69 Å². The van der Waals surface area contributed by atoms with Gasteiger partial charge in [0.15, 0.2) is 0 Å². The lowest BCUT2D eigenvalue weighted by Crippen LogP contribution is -2.40. The van der Waals surface area contributed by atoms with Crippen LogP contribution in [0.15, 0.2) is 47.3 Å². The topological polar surface area (TPSA) is 55.2 Å². The highest BCUT2D eigenvalue weighted by atomic mass is 16.2. The van der Waals surface area contributed by atoms with Gasteiger partial charge in [-0.1, -0.05) is 38.5 Å². The largest absolute Gasteiger partial charge is 0.332 e. The number of hydrogen-bond acceptors (Lipinski definition) is 3. The summed E-state index contributed by atoms with van der Waals surface area (Å²) in [6, 6.07) is 13.3. The fourth-order valence-corrected chi connectivity index (χ4v) is 4.34. The van der Waals surface area contributed by atoms with Gasteiger partial charge in [-0.15, -0.1) is 0 Å². The number of aromatic nitrogens is 2. The Labute approximate surface area is 190 Å². The summed E-state index contributed by atoms with van der Waals surface area (Å²) in [5, 5.41) is 0.595. The molecule has 1 amide bonds. The number of nitrogens with zero attached hydrogens (tertiary/aromatic N) is 3. The van der Waals surface area contributed by atoms with Gasteiger partial charge in [-0.3, -0.25) is 14.2 Å². The molecule has 0 N–H and O–H groups in total. The Hall–Kier alpha value is -2.95. The van der Waals surface area contributed by atoms with Crippen LogP contribution >= 0.6 is 0 Å². The van der Waals surface area contributed by atoms with E-state index in [1.54, 1.807) is 4.57 Å². The predicted molar refractivity (Wildman–Crippen MR) is 129 cm³/mol. The highest BCUT2D eigenvalue weighted by Gasteiger charge is 2.37. The van der Waals surface area contributed by atoms with Gasteiger partial charge in [0.05, 0.1) is 22.6 Å². The maximum absolute atomic E-state index is 13.7. The molecule has 0 aliphatic heterocycles. The number of hydrogen-bond donors (Lipinski definition) is 0. The van der Waals surface area contributed by atoms with Crippen molar-refractivity contribution in [1.82, 2.24) is 14.5 Å². The standard InChI is InChI=1S/C27H33N3O2/c1-5-7-16-29(26(31)20-13-14-20)24(6-2)25-28-23-11-9-8-10-22(23)27(32)30(25)21-15-12-18(3)19(4)17-21/h8-12,15,17,20,24H,5-7,13-14,16H2,1-4H3. The van der Waals surface area contributed by atoms with E-state index < -0.39 is 0 Å². The van der Waals surface area contributed by atoms with Crippen LogP contribution in [0.25, 0.3) is 16.6 Å². The summed E-state index contributed by atoms with van der Waals surface area (Å²) in [6.45, 7) is 9.03. The monoisotopic (exact) mass is 431 g/mol. The Bertz CT molecular complexity index is 1190. The molecule has 3 aromatic rings. The summed E-state index contributed by atoms with van der Waals surface area (Å²) in [6.07, 6.45) is 4.59. The van der Waals surface area contributed by atoms with Crippen LogP contribution in [0.4, 0.5) is 0 Å². The highest BCUT2D eigenvalue weighted by Crippen LogP contribution is 2.35. The molecule has 0 radical (unpaired) electrons. The van der Waals surface area contributed by atoms with Gasteiger partial charge < -0.3 is 4.90 Å². The molecule has 1 aromatic heterocycles. The first kappa shape index (κ1) is 22.3. The molecule has 1 aliphatic carbocycles. The molecule has 0 saturated heterocycles. The third kappa shape index (κ3) is 4.21. The SMILES string of the molecule is CCCCN(C(=O)C1CC1)C(CC)c1nc2ccccc2c(=O)n1-c1ccc(C)c(C)c1. The Morgan fingerprint density at radius 1 is 1.12 bits per heavy atom. The van der Waals surface area contributed by atoms with E-state index in [2.05, 4.69) is 27.7 Å². The minimum atomic E-state index is -0.242. The number of carbonyl (C=O) groups excluding carboxylic acids is 1. The van der Waals surface area contributed by atoms with Crippen LogP contribution in [0.2, 0.25) is 0 Å². The smallest absolute Gasteiger partial charge is 0.266 e. The molecule has 2 aromatic carbocycles. The molecule has 0 bridgehead atoms. The van der Waals surface area contributed by atoms with E-state index in [0.29, 0.717) is 29.7 Å². The normalized spacial score (nSPS) is 14.5. The number of benzene rings is 2. The molecule has 1 aliphatic rings. The van der Waals surface area contributed by atoms with Crippen molar-refractivity contribution in [3.63, 3.8) is 0 Å². The van der Waals surface area contributed by atoms with Crippen molar-refractivity contribution in [3.05, 3.63) is 69.8 Å². The lowest BCUT2D eigenvalue weighted by molar-refractivity contribution is -0.135. The molecule has 1 heterocycles. The van der Waals surface area contributed by atoms with Gasteiger partial charge in [-0.05, 0) is 74.9 Å². The first-order chi connectivity index (χ1) is 15.5. The minimum absolute atomic E-state index is 0.0818. The third-order valence-electron chi connectivity index (χ3n) is 6.57. The zero-order valence-corrected chi connectivity index (χ0v) is 19.6. The molecular formula is C27H33N3O2. The van der Waals surface area contributed by atoms with Crippen molar-refractivity contribution < 1.29 is 4.79 Å². The predicted octanol–water partition coefficient (Wildman–Crippen LogP) is 5.49. The van der Waals surface area contributed by atoms with Gasteiger partial charge in [0, 0.05) is 12.5 Å². The zero-order valence-electron chi connectivity index (χ0n) is 19.6. The molecular weight excluding hydrogens is 398 g/mol. The van der Waals surface area contributed by atoms with E-state index in [9.17, 15) is 9.59 Å². The summed E-state index contributed by atoms with van der Waals surface area (Å²) in [5.41, 5.74) is 3.71. The molecule has 168 valence electrons. The second-order valence-corrected chi connectivity index (χ2v) is 8.98. The number of rotatable bonds is 8. The Morgan fingerprint density at radius 3 is 2.53 bits per heavy atom. The fourth-order valence-electron chi connectivity index (χ4n) is 4.34. The van der Waals surface area contributed by atoms with Crippen LogP contribution in [0.1, 0.15) is 68.9 Å². The van der Waals surface area contributed by atoms with Crippen molar-refractivity contribution in [2.45, 2.75) is 65.8 Å². The molecule has 32 heavy (non-hydrogen) atoms. The summed E-state index contributed by atoms with van der Waals surface area (Å²) in [7, 11) is 0. The molecule has 5 heteroatoms. The van der Waals surface area contributed by atoms with Crippen LogP contribution in [-0.4, -0.2) is 26.9 Å². The second-order valence-electron chi connectivity index (χ2n) is 8.98. The summed E-state index contributed by atoms with van der Waals surface area (Å²) >= 11 is 0. The van der Waals surface area contributed by atoms with E-state index in [4.69, 9.17) is 4.98 Å². The first-order valence-electron chi connectivity index (χ1n) is 11.9. The van der Waals surface area contributed by atoms with Crippen molar-refractivity contribution in [2.75, 3.05) is 6.54 Å². The van der Waals surface area contributed by atoms with Crippen molar-refractivity contribution in [1.29, 1.82) is 0 Å². The lowest BCUT2D eigenvalue weighted by Gasteiger charge is -2.32. The average Bonchev–Trinajstić information content (AvgIpc) is 3.64. The maximum Gasteiger partial charge on any atom is 0.266 e. The number of aryl methyl sites for hydroxylation is 2.